The van der Waals surface area contributed by atoms with Crippen LogP contribution in [0.5, 0.6) is 0 Å². The van der Waals surface area contributed by atoms with Gasteiger partial charge in [0.05, 0.1) is 18.3 Å². The molecule has 3 nitrogen and oxygen atoms in total. The summed E-state index contributed by atoms with van der Waals surface area (Å²) in [5.74, 6) is 0. The van der Waals surface area contributed by atoms with Crippen LogP contribution >= 0.6 is 11.3 Å². The number of thiazole rings is 1. The molecule has 16 heavy (non-hydrogen) atoms. The lowest BCUT2D eigenvalue weighted by molar-refractivity contribution is 0.190. The fourth-order valence-corrected chi connectivity index (χ4v) is 2.64. The van der Waals surface area contributed by atoms with Gasteiger partial charge in [-0.25, -0.2) is 4.98 Å². The molecule has 0 amide bonds. The van der Waals surface area contributed by atoms with Crippen molar-refractivity contribution in [3.05, 3.63) is 39.6 Å². The maximum Gasteiger partial charge on any atom is 0.113 e. The van der Waals surface area contributed by atoms with Crippen LogP contribution in [0.15, 0.2) is 18.3 Å². The van der Waals surface area contributed by atoms with E-state index < -0.39 is 6.10 Å². The topological polar surface area (TPSA) is 38.0 Å². The lowest BCUT2D eigenvalue weighted by Crippen LogP contribution is -2.05. The molecule has 0 bridgehead atoms. The van der Waals surface area contributed by atoms with Crippen molar-refractivity contribution in [3.8, 4) is 0 Å². The molecule has 0 radical (unpaired) electrons. The number of aromatic nitrogens is 2. The van der Waals surface area contributed by atoms with Crippen molar-refractivity contribution in [1.29, 1.82) is 0 Å². The number of nitrogens with zero attached hydrogens (tertiary/aromatic N) is 2. The molecule has 0 saturated carbocycles. The summed E-state index contributed by atoms with van der Waals surface area (Å²) >= 11 is 1.72. The molecule has 1 N–H and O–H groups in total. The predicted octanol–water partition coefficient (Wildman–Crippen LogP) is 2.66. The Bertz CT molecular complexity index is 465. The van der Waals surface area contributed by atoms with Gasteiger partial charge in [0.1, 0.15) is 5.01 Å². The van der Waals surface area contributed by atoms with E-state index in [1.807, 2.05) is 29.8 Å². The van der Waals surface area contributed by atoms with Gasteiger partial charge in [0, 0.05) is 16.8 Å². The number of hydrogen-bond donors (Lipinski definition) is 1. The first-order chi connectivity index (χ1) is 7.58. The van der Waals surface area contributed by atoms with Crippen molar-refractivity contribution in [2.75, 3.05) is 0 Å². The monoisotopic (exact) mass is 236 g/mol. The number of aryl methyl sites for hydroxylation is 2. The molecule has 0 aliphatic rings. The third-order valence-corrected chi connectivity index (χ3v) is 3.73. The maximum absolute atomic E-state index is 9.59. The van der Waals surface area contributed by atoms with Crippen LogP contribution in [0.4, 0.5) is 0 Å². The standard InChI is InChI=1S/C12H16N2OS/c1-8-10(3)16-12(13-8)7-14-6-4-5-11(14)9(2)15/h4-6,9,15H,7H2,1-3H3. The third-order valence-electron chi connectivity index (χ3n) is 2.67. The Morgan fingerprint density at radius 1 is 1.50 bits per heavy atom. The van der Waals surface area contributed by atoms with E-state index in [1.54, 1.807) is 18.3 Å². The van der Waals surface area contributed by atoms with Crippen LogP contribution in [-0.4, -0.2) is 14.7 Å². The van der Waals surface area contributed by atoms with Crippen molar-refractivity contribution in [2.45, 2.75) is 33.4 Å². The van der Waals surface area contributed by atoms with Gasteiger partial charge in [-0.1, -0.05) is 0 Å². The predicted molar refractivity (Wildman–Crippen MR) is 65.8 cm³/mol. The van der Waals surface area contributed by atoms with Crippen LogP contribution < -0.4 is 0 Å². The van der Waals surface area contributed by atoms with Crippen LogP contribution in [0.2, 0.25) is 0 Å². The average molecular weight is 236 g/mol. The minimum atomic E-state index is -0.433. The molecule has 2 aromatic rings. The second-order valence-corrected chi connectivity index (χ2v) is 5.27. The molecule has 0 fully saturated rings. The van der Waals surface area contributed by atoms with Crippen molar-refractivity contribution in [3.63, 3.8) is 0 Å². The fraction of sp³-hybridized carbons (Fsp3) is 0.417. The zero-order valence-electron chi connectivity index (χ0n) is 9.77. The van der Waals surface area contributed by atoms with Crippen molar-refractivity contribution in [2.24, 2.45) is 0 Å². The van der Waals surface area contributed by atoms with Gasteiger partial charge in [0.2, 0.25) is 0 Å². The highest BCUT2D eigenvalue weighted by Gasteiger charge is 2.09. The number of hydrogen-bond acceptors (Lipinski definition) is 3. The van der Waals surface area contributed by atoms with E-state index in [9.17, 15) is 5.11 Å². The summed E-state index contributed by atoms with van der Waals surface area (Å²) in [6.07, 6.45) is 1.55. The zero-order valence-corrected chi connectivity index (χ0v) is 10.6. The summed E-state index contributed by atoms with van der Waals surface area (Å²) < 4.78 is 2.04. The molecule has 1 unspecified atom stereocenters. The van der Waals surface area contributed by atoms with E-state index in [0.29, 0.717) is 0 Å². The highest BCUT2D eigenvalue weighted by Crippen LogP contribution is 2.20. The maximum atomic E-state index is 9.59. The van der Waals surface area contributed by atoms with E-state index >= 15 is 0 Å². The van der Waals surface area contributed by atoms with Crippen molar-refractivity contribution in [1.82, 2.24) is 9.55 Å². The zero-order chi connectivity index (χ0) is 11.7. The summed E-state index contributed by atoms with van der Waals surface area (Å²) in [7, 11) is 0. The molecule has 2 aromatic heterocycles. The highest BCUT2D eigenvalue weighted by atomic mass is 32.1. The van der Waals surface area contributed by atoms with Crippen molar-refractivity contribution < 1.29 is 5.11 Å². The Hall–Kier alpha value is -1.13. The molecule has 2 heterocycles. The largest absolute Gasteiger partial charge is 0.387 e. The van der Waals surface area contributed by atoms with Gasteiger partial charge in [0.15, 0.2) is 0 Å². The van der Waals surface area contributed by atoms with Gasteiger partial charge in [0.25, 0.3) is 0 Å². The summed E-state index contributed by atoms with van der Waals surface area (Å²) in [6, 6.07) is 3.90. The Morgan fingerprint density at radius 2 is 2.25 bits per heavy atom. The lowest BCUT2D eigenvalue weighted by Gasteiger charge is -2.09. The number of aliphatic hydroxyl groups excluding tert-OH is 1. The molecule has 86 valence electrons. The SMILES string of the molecule is Cc1nc(Cn2cccc2C(C)O)sc1C. The van der Waals surface area contributed by atoms with Gasteiger partial charge in [-0.3, -0.25) is 0 Å². The first kappa shape index (κ1) is 11.4. The minimum Gasteiger partial charge on any atom is -0.387 e. The third kappa shape index (κ3) is 2.18. The van der Waals surface area contributed by atoms with Crippen LogP contribution in [0.3, 0.4) is 0 Å². The second-order valence-electron chi connectivity index (χ2n) is 3.99. The van der Waals surface area contributed by atoms with E-state index in [0.717, 1.165) is 22.9 Å². The van der Waals surface area contributed by atoms with Crippen LogP contribution in [0.25, 0.3) is 0 Å². The van der Waals surface area contributed by atoms with E-state index in [1.165, 1.54) is 4.88 Å². The summed E-state index contributed by atoms with van der Waals surface area (Å²) in [4.78, 5) is 5.77. The van der Waals surface area contributed by atoms with E-state index in [2.05, 4.69) is 11.9 Å². The average Bonchev–Trinajstić information content (AvgIpc) is 2.75. The molecule has 1 atom stereocenters. The molecule has 0 aliphatic carbocycles. The van der Waals surface area contributed by atoms with Crippen LogP contribution in [0.1, 0.15) is 34.3 Å². The Kier molecular flexibility index (Phi) is 3.12. The lowest BCUT2D eigenvalue weighted by atomic mass is 10.3. The highest BCUT2D eigenvalue weighted by molar-refractivity contribution is 7.11. The van der Waals surface area contributed by atoms with Gasteiger partial charge in [-0.05, 0) is 32.9 Å². The van der Waals surface area contributed by atoms with Gasteiger partial charge in [-0.15, -0.1) is 11.3 Å². The molecule has 4 heteroatoms. The van der Waals surface area contributed by atoms with Crippen LogP contribution in [0, 0.1) is 13.8 Å². The van der Waals surface area contributed by atoms with Gasteiger partial charge >= 0.3 is 0 Å². The normalized spacial score (nSPS) is 13.0. The minimum absolute atomic E-state index is 0.433. The molecule has 0 aromatic carbocycles. The number of aliphatic hydroxyl groups is 1. The molecule has 0 spiro atoms. The smallest absolute Gasteiger partial charge is 0.113 e. The van der Waals surface area contributed by atoms with E-state index in [-0.39, 0.29) is 0 Å². The van der Waals surface area contributed by atoms with E-state index in [4.69, 9.17) is 0 Å². The summed E-state index contributed by atoms with van der Waals surface area (Å²) in [6.45, 7) is 6.64. The molecule has 2 rings (SSSR count). The summed E-state index contributed by atoms with van der Waals surface area (Å²) in [5.41, 5.74) is 2.04. The second kappa shape index (κ2) is 4.39. The van der Waals surface area contributed by atoms with Crippen molar-refractivity contribution >= 4 is 11.3 Å². The summed E-state index contributed by atoms with van der Waals surface area (Å²) in [5, 5.41) is 10.7. The Morgan fingerprint density at radius 3 is 2.81 bits per heavy atom. The Labute approximate surface area is 99.4 Å². The van der Waals surface area contributed by atoms with Gasteiger partial charge < -0.3 is 9.67 Å². The first-order valence-electron chi connectivity index (χ1n) is 5.34. The van der Waals surface area contributed by atoms with Crippen LogP contribution in [-0.2, 0) is 6.54 Å². The molecular formula is C12H16N2OS. The first-order valence-corrected chi connectivity index (χ1v) is 6.15. The Balaban J connectivity index is 2.23. The molecule has 0 saturated heterocycles. The fourth-order valence-electron chi connectivity index (χ4n) is 1.70. The number of rotatable bonds is 3. The molecule has 0 aliphatic heterocycles. The quantitative estimate of drug-likeness (QED) is 0.889. The van der Waals surface area contributed by atoms with Gasteiger partial charge in [-0.2, -0.15) is 0 Å². The molecular weight excluding hydrogens is 220 g/mol.